The van der Waals surface area contributed by atoms with Crippen molar-refractivity contribution in [1.82, 2.24) is 0 Å². The molecule has 28 heavy (non-hydrogen) atoms. The van der Waals surface area contributed by atoms with Gasteiger partial charge in [-0.05, 0) is 47.7 Å². The van der Waals surface area contributed by atoms with Crippen molar-refractivity contribution in [2.45, 2.75) is 25.0 Å². The maximum Gasteiger partial charge on any atom is 0.125 e. The monoisotopic (exact) mass is 369 g/mol. The zero-order valence-corrected chi connectivity index (χ0v) is 15.6. The van der Waals surface area contributed by atoms with Gasteiger partial charge in [-0.1, -0.05) is 60.7 Å². The van der Waals surface area contributed by atoms with Crippen LogP contribution >= 0.6 is 0 Å². The van der Waals surface area contributed by atoms with Gasteiger partial charge < -0.3 is 15.2 Å². The van der Waals surface area contributed by atoms with Gasteiger partial charge in [-0.25, -0.2) is 0 Å². The molecule has 0 saturated heterocycles. The van der Waals surface area contributed by atoms with Crippen LogP contribution in [0.2, 0.25) is 0 Å². The topological polar surface area (TPSA) is 41.5 Å². The van der Waals surface area contributed by atoms with Crippen molar-refractivity contribution < 1.29 is 9.84 Å². The number of phenols is 1. The molecule has 3 heteroatoms. The van der Waals surface area contributed by atoms with E-state index in [1.54, 1.807) is 6.07 Å². The summed E-state index contributed by atoms with van der Waals surface area (Å²) in [5, 5.41) is 13.7. The third-order valence-electron chi connectivity index (χ3n) is 5.84. The van der Waals surface area contributed by atoms with Crippen molar-refractivity contribution in [3.63, 3.8) is 0 Å². The summed E-state index contributed by atoms with van der Waals surface area (Å²) in [5.74, 6) is 1.98. The lowest BCUT2D eigenvalue weighted by atomic mass is 9.77. The van der Waals surface area contributed by atoms with Gasteiger partial charge in [0.1, 0.15) is 18.1 Å². The normalized spacial score (nSPS) is 22.2. The zero-order valence-electron chi connectivity index (χ0n) is 15.6. The molecule has 2 aliphatic rings. The Balaban J connectivity index is 1.47. The van der Waals surface area contributed by atoms with E-state index in [0.29, 0.717) is 24.2 Å². The van der Waals surface area contributed by atoms with Crippen molar-refractivity contribution in [2.24, 2.45) is 5.92 Å². The van der Waals surface area contributed by atoms with Gasteiger partial charge in [-0.2, -0.15) is 0 Å². The number of aromatic hydroxyl groups is 1. The summed E-state index contributed by atoms with van der Waals surface area (Å²) >= 11 is 0. The summed E-state index contributed by atoms with van der Waals surface area (Å²) in [6.45, 7) is 0.557. The fourth-order valence-corrected chi connectivity index (χ4v) is 4.49. The van der Waals surface area contributed by atoms with Gasteiger partial charge in [0.25, 0.3) is 0 Å². The molecule has 3 unspecified atom stereocenters. The van der Waals surface area contributed by atoms with Crippen LogP contribution in [0.4, 0.5) is 5.69 Å². The second-order valence-electron chi connectivity index (χ2n) is 7.56. The maximum absolute atomic E-state index is 9.94. The summed E-state index contributed by atoms with van der Waals surface area (Å²) in [5.41, 5.74) is 4.62. The van der Waals surface area contributed by atoms with Gasteiger partial charge >= 0.3 is 0 Å². The molecule has 3 atom stereocenters. The van der Waals surface area contributed by atoms with Gasteiger partial charge in [0, 0.05) is 17.2 Å². The van der Waals surface area contributed by atoms with Crippen LogP contribution in [0.3, 0.4) is 0 Å². The number of anilines is 1. The Morgan fingerprint density at radius 2 is 1.75 bits per heavy atom. The van der Waals surface area contributed by atoms with Crippen molar-refractivity contribution >= 4 is 5.69 Å². The second-order valence-corrected chi connectivity index (χ2v) is 7.56. The highest BCUT2D eigenvalue weighted by Crippen LogP contribution is 2.51. The molecule has 2 N–H and O–H groups in total. The Kier molecular flexibility index (Phi) is 4.28. The number of para-hydroxylation sites is 1. The van der Waals surface area contributed by atoms with E-state index in [1.165, 1.54) is 11.1 Å². The number of allylic oxidation sites excluding steroid dienone is 2. The number of ether oxygens (including phenoxy) is 1. The first kappa shape index (κ1) is 16.9. The molecule has 3 nitrogen and oxygen atoms in total. The van der Waals surface area contributed by atoms with Crippen molar-refractivity contribution in [3.05, 3.63) is 102 Å². The van der Waals surface area contributed by atoms with E-state index < -0.39 is 0 Å². The molecule has 3 aromatic carbocycles. The lowest BCUT2D eigenvalue weighted by molar-refractivity contribution is 0.296. The average molecular weight is 369 g/mol. The zero-order chi connectivity index (χ0) is 18.9. The number of rotatable bonds is 4. The molecule has 1 aliphatic heterocycles. The predicted octanol–water partition coefficient (Wildman–Crippen LogP) is 5.80. The molecule has 0 amide bonds. The molecule has 5 rings (SSSR count). The molecule has 0 bridgehead atoms. The highest BCUT2D eigenvalue weighted by Gasteiger charge is 2.39. The Labute approximate surface area is 165 Å². The lowest BCUT2D eigenvalue weighted by Gasteiger charge is -2.38. The van der Waals surface area contributed by atoms with Crippen LogP contribution in [0.25, 0.3) is 0 Å². The SMILES string of the molecule is Oc1ccc2c(c1)C1C=CCC1C(c1ccccc1OCc1ccccc1)N2. The van der Waals surface area contributed by atoms with E-state index >= 15 is 0 Å². The summed E-state index contributed by atoms with van der Waals surface area (Å²) in [4.78, 5) is 0. The van der Waals surface area contributed by atoms with Crippen molar-refractivity contribution in [1.29, 1.82) is 0 Å². The molecule has 1 heterocycles. The predicted molar refractivity (Wildman–Crippen MR) is 112 cm³/mol. The van der Waals surface area contributed by atoms with Gasteiger partial charge in [0.05, 0.1) is 6.04 Å². The molecule has 140 valence electrons. The van der Waals surface area contributed by atoms with E-state index in [9.17, 15) is 5.11 Å². The molecule has 0 fully saturated rings. The molecular formula is C25H23NO2. The van der Waals surface area contributed by atoms with E-state index in [2.05, 4.69) is 47.8 Å². The van der Waals surface area contributed by atoms with Crippen LogP contribution in [-0.4, -0.2) is 5.11 Å². The van der Waals surface area contributed by atoms with E-state index in [-0.39, 0.29) is 6.04 Å². The van der Waals surface area contributed by atoms with Crippen LogP contribution in [0.1, 0.15) is 35.1 Å². The third kappa shape index (κ3) is 3.03. The van der Waals surface area contributed by atoms with Crippen LogP contribution in [-0.2, 0) is 6.61 Å². The van der Waals surface area contributed by atoms with Gasteiger partial charge in [-0.3, -0.25) is 0 Å². The van der Waals surface area contributed by atoms with Crippen molar-refractivity contribution in [2.75, 3.05) is 5.32 Å². The van der Waals surface area contributed by atoms with Crippen LogP contribution < -0.4 is 10.1 Å². The fourth-order valence-electron chi connectivity index (χ4n) is 4.49. The highest BCUT2D eigenvalue weighted by molar-refractivity contribution is 5.62. The number of benzene rings is 3. The maximum atomic E-state index is 9.94. The first-order valence-corrected chi connectivity index (χ1v) is 9.81. The summed E-state index contributed by atoms with van der Waals surface area (Å²) in [6.07, 6.45) is 5.56. The second kappa shape index (κ2) is 7.08. The highest BCUT2D eigenvalue weighted by atomic mass is 16.5. The minimum atomic E-state index is 0.170. The smallest absolute Gasteiger partial charge is 0.125 e. The first-order chi connectivity index (χ1) is 13.8. The molecule has 1 aliphatic carbocycles. The van der Waals surface area contributed by atoms with Crippen LogP contribution in [0, 0.1) is 5.92 Å². The van der Waals surface area contributed by atoms with Crippen LogP contribution in [0.5, 0.6) is 11.5 Å². The molecule has 3 aromatic rings. The fraction of sp³-hybridized carbons (Fsp3) is 0.200. The first-order valence-electron chi connectivity index (χ1n) is 9.81. The Morgan fingerprint density at radius 1 is 0.929 bits per heavy atom. The molecule has 0 spiro atoms. The molecule has 0 aromatic heterocycles. The van der Waals surface area contributed by atoms with Gasteiger partial charge in [0.15, 0.2) is 0 Å². The van der Waals surface area contributed by atoms with Gasteiger partial charge in [0.2, 0.25) is 0 Å². The van der Waals surface area contributed by atoms with E-state index in [1.807, 2.05) is 36.4 Å². The number of nitrogens with one attached hydrogen (secondary N) is 1. The lowest BCUT2D eigenvalue weighted by Crippen LogP contribution is -2.29. The van der Waals surface area contributed by atoms with E-state index in [0.717, 1.165) is 23.4 Å². The number of hydrogen-bond donors (Lipinski definition) is 2. The molecular weight excluding hydrogens is 346 g/mol. The molecule has 0 saturated carbocycles. The van der Waals surface area contributed by atoms with Crippen molar-refractivity contribution in [3.8, 4) is 11.5 Å². The quantitative estimate of drug-likeness (QED) is 0.451. The Morgan fingerprint density at radius 3 is 2.64 bits per heavy atom. The van der Waals surface area contributed by atoms with Crippen LogP contribution in [0.15, 0.2) is 84.9 Å². The number of phenolic OH excluding ortho intramolecular Hbond substituents is 1. The summed E-state index contributed by atoms with van der Waals surface area (Å²) < 4.78 is 6.23. The number of fused-ring (bicyclic) bond motifs is 3. The average Bonchev–Trinajstić information content (AvgIpc) is 3.23. The summed E-state index contributed by atoms with van der Waals surface area (Å²) in [6, 6.07) is 24.4. The standard InChI is InChI=1S/C25H23NO2/c27-18-13-14-23-22(15-18)19-10-6-11-20(19)25(26-23)21-9-4-5-12-24(21)28-16-17-7-2-1-3-8-17/h1-10,12-15,19-20,25-27H,11,16H2. The summed E-state index contributed by atoms with van der Waals surface area (Å²) in [7, 11) is 0. The number of hydrogen-bond acceptors (Lipinski definition) is 3. The third-order valence-corrected chi connectivity index (χ3v) is 5.84. The van der Waals surface area contributed by atoms with E-state index in [4.69, 9.17) is 4.74 Å². The Bertz CT molecular complexity index is 1010. The van der Waals surface area contributed by atoms with Gasteiger partial charge in [-0.15, -0.1) is 0 Å². The minimum absolute atomic E-state index is 0.170. The Hall–Kier alpha value is -3.20. The minimum Gasteiger partial charge on any atom is -0.508 e. The molecule has 0 radical (unpaired) electrons. The largest absolute Gasteiger partial charge is 0.508 e.